The molecule has 6 nitrogen and oxygen atoms in total. The van der Waals surface area contributed by atoms with E-state index in [-0.39, 0.29) is 0 Å². The molecule has 2 aromatic carbocycles. The molecule has 1 aliphatic heterocycles. The van der Waals surface area contributed by atoms with Gasteiger partial charge in [0.25, 0.3) is 0 Å². The Morgan fingerprint density at radius 2 is 1.68 bits per heavy atom. The fraction of sp³-hybridized carbons (Fsp3) is 0.238. The number of halogens is 1. The minimum Gasteiger partial charge on any atom is -0.393 e. The Balaban J connectivity index is 1.50. The highest BCUT2D eigenvalue weighted by molar-refractivity contribution is 6.30. The van der Waals surface area contributed by atoms with Crippen molar-refractivity contribution in [1.29, 1.82) is 0 Å². The van der Waals surface area contributed by atoms with Crippen molar-refractivity contribution < 1.29 is 0 Å². The number of benzene rings is 2. The van der Waals surface area contributed by atoms with E-state index in [9.17, 15) is 0 Å². The van der Waals surface area contributed by atoms with Gasteiger partial charge < -0.3 is 20.9 Å². The summed E-state index contributed by atoms with van der Waals surface area (Å²) in [5.74, 6) is 1.37. The van der Waals surface area contributed by atoms with E-state index < -0.39 is 0 Å². The third kappa shape index (κ3) is 3.82. The molecule has 0 bridgehead atoms. The van der Waals surface area contributed by atoms with Gasteiger partial charge in [-0.3, -0.25) is 0 Å². The molecule has 0 amide bonds. The van der Waals surface area contributed by atoms with Crippen molar-refractivity contribution in [2.45, 2.75) is 6.92 Å². The molecule has 0 aliphatic carbocycles. The zero-order valence-corrected chi connectivity index (χ0v) is 16.5. The predicted molar refractivity (Wildman–Crippen MR) is 117 cm³/mol. The van der Waals surface area contributed by atoms with E-state index in [1.165, 1.54) is 5.69 Å². The molecule has 144 valence electrons. The average molecular weight is 395 g/mol. The van der Waals surface area contributed by atoms with E-state index >= 15 is 0 Å². The van der Waals surface area contributed by atoms with Gasteiger partial charge in [-0.15, -0.1) is 0 Å². The largest absolute Gasteiger partial charge is 0.393 e. The molecule has 0 saturated carbocycles. The second-order valence-electron chi connectivity index (χ2n) is 6.85. The van der Waals surface area contributed by atoms with Crippen molar-refractivity contribution >= 4 is 40.3 Å². The van der Waals surface area contributed by atoms with E-state index in [1.807, 2.05) is 31.2 Å². The summed E-state index contributed by atoms with van der Waals surface area (Å²) >= 11 is 6.12. The zero-order valence-electron chi connectivity index (χ0n) is 15.8. The molecule has 0 unspecified atom stereocenters. The molecule has 0 radical (unpaired) electrons. The molecule has 4 rings (SSSR count). The summed E-state index contributed by atoms with van der Waals surface area (Å²) in [5.41, 5.74) is 10.2. The third-order valence-electron chi connectivity index (χ3n) is 5.02. The predicted octanol–water partition coefficient (Wildman–Crippen LogP) is 4.09. The number of aryl methyl sites for hydroxylation is 1. The fourth-order valence-electron chi connectivity index (χ4n) is 3.41. The first-order chi connectivity index (χ1) is 13.6. The van der Waals surface area contributed by atoms with Crippen LogP contribution in [-0.4, -0.2) is 36.1 Å². The number of aromatic nitrogens is 2. The number of nitrogens with two attached hydrogens (primary N) is 1. The third-order valence-corrected chi connectivity index (χ3v) is 5.25. The van der Waals surface area contributed by atoms with Crippen LogP contribution in [0, 0.1) is 6.92 Å². The monoisotopic (exact) mass is 394 g/mol. The summed E-state index contributed by atoms with van der Waals surface area (Å²) in [4.78, 5) is 13.4. The summed E-state index contributed by atoms with van der Waals surface area (Å²) in [6.07, 6.45) is 1.55. The van der Waals surface area contributed by atoms with Crippen LogP contribution < -0.4 is 20.9 Å². The smallest absolute Gasteiger partial charge is 0.159 e. The lowest BCUT2D eigenvalue weighted by Gasteiger charge is -2.37. The van der Waals surface area contributed by atoms with E-state index in [0.717, 1.165) is 43.2 Å². The molecule has 0 atom stereocenters. The van der Waals surface area contributed by atoms with E-state index in [2.05, 4.69) is 49.4 Å². The minimum absolute atomic E-state index is 0.551. The first-order valence-corrected chi connectivity index (χ1v) is 9.68. The topological polar surface area (TPSA) is 70.3 Å². The van der Waals surface area contributed by atoms with Gasteiger partial charge in [-0.2, -0.15) is 0 Å². The number of para-hydroxylation sites is 1. The molecule has 3 aromatic rings. The lowest BCUT2D eigenvalue weighted by atomic mass is 10.2. The summed E-state index contributed by atoms with van der Waals surface area (Å²) < 4.78 is 0. The molecular formula is C21H23ClN6. The van der Waals surface area contributed by atoms with Gasteiger partial charge in [0.1, 0.15) is 12.0 Å². The van der Waals surface area contributed by atoms with Crippen molar-refractivity contribution in [3.63, 3.8) is 0 Å². The van der Waals surface area contributed by atoms with Crippen LogP contribution in [0.15, 0.2) is 54.9 Å². The van der Waals surface area contributed by atoms with Gasteiger partial charge in [-0.25, -0.2) is 9.97 Å². The highest BCUT2D eigenvalue weighted by Gasteiger charge is 2.21. The highest BCUT2D eigenvalue weighted by atomic mass is 35.5. The van der Waals surface area contributed by atoms with Gasteiger partial charge in [0.2, 0.25) is 0 Å². The van der Waals surface area contributed by atoms with Crippen molar-refractivity contribution in [2.24, 2.45) is 0 Å². The highest BCUT2D eigenvalue weighted by Crippen LogP contribution is 2.31. The normalized spacial score (nSPS) is 14.2. The molecule has 0 spiro atoms. The maximum Gasteiger partial charge on any atom is 0.159 e. The second-order valence-corrected chi connectivity index (χ2v) is 7.29. The molecule has 28 heavy (non-hydrogen) atoms. The molecule has 3 N–H and O–H groups in total. The molecule has 1 fully saturated rings. The van der Waals surface area contributed by atoms with Crippen molar-refractivity contribution in [2.75, 3.05) is 47.0 Å². The first kappa shape index (κ1) is 18.4. The zero-order chi connectivity index (χ0) is 19.5. The Morgan fingerprint density at radius 3 is 2.43 bits per heavy atom. The Labute approximate surface area is 170 Å². The van der Waals surface area contributed by atoms with Gasteiger partial charge in [0.15, 0.2) is 11.6 Å². The van der Waals surface area contributed by atoms with Crippen LogP contribution in [0.3, 0.4) is 0 Å². The number of hydrogen-bond acceptors (Lipinski definition) is 6. The number of nitrogens with zero attached hydrogens (tertiary/aromatic N) is 4. The number of anilines is 5. The van der Waals surface area contributed by atoms with Gasteiger partial charge in [0.05, 0.1) is 0 Å². The quantitative estimate of drug-likeness (QED) is 0.694. The second kappa shape index (κ2) is 7.94. The van der Waals surface area contributed by atoms with Crippen molar-refractivity contribution in [3.8, 4) is 0 Å². The molecule has 7 heteroatoms. The van der Waals surface area contributed by atoms with Crippen LogP contribution in [0.25, 0.3) is 0 Å². The van der Waals surface area contributed by atoms with Crippen LogP contribution in [0.4, 0.5) is 28.7 Å². The Bertz CT molecular complexity index is 954. The SMILES string of the molecule is Cc1ccc(Cl)cc1Nc1ncnc(N2CCN(c3ccccc3)CC2)c1N. The van der Waals surface area contributed by atoms with E-state index in [0.29, 0.717) is 16.5 Å². The van der Waals surface area contributed by atoms with Gasteiger partial charge in [0, 0.05) is 42.6 Å². The fourth-order valence-corrected chi connectivity index (χ4v) is 3.58. The lowest BCUT2D eigenvalue weighted by molar-refractivity contribution is 0.647. The van der Waals surface area contributed by atoms with Crippen molar-refractivity contribution in [3.05, 3.63) is 65.4 Å². The summed E-state index contributed by atoms with van der Waals surface area (Å²) in [5, 5.41) is 3.96. The van der Waals surface area contributed by atoms with Crippen LogP contribution in [0.5, 0.6) is 0 Å². The molecule has 1 saturated heterocycles. The molecule has 1 aliphatic rings. The molecule has 2 heterocycles. The van der Waals surface area contributed by atoms with E-state index in [1.54, 1.807) is 6.33 Å². The lowest BCUT2D eigenvalue weighted by Crippen LogP contribution is -2.47. The number of piperazine rings is 1. The van der Waals surface area contributed by atoms with E-state index in [4.69, 9.17) is 17.3 Å². The summed E-state index contributed by atoms with van der Waals surface area (Å²) in [6, 6.07) is 16.2. The maximum atomic E-state index is 6.42. The Hall–Kier alpha value is -2.99. The average Bonchev–Trinajstić information content (AvgIpc) is 2.73. The van der Waals surface area contributed by atoms with Crippen molar-refractivity contribution in [1.82, 2.24) is 9.97 Å². The van der Waals surface area contributed by atoms with Crippen LogP contribution >= 0.6 is 11.6 Å². The Morgan fingerprint density at radius 1 is 0.964 bits per heavy atom. The summed E-state index contributed by atoms with van der Waals surface area (Å²) in [7, 11) is 0. The maximum absolute atomic E-state index is 6.42. The number of nitrogens with one attached hydrogen (secondary N) is 1. The minimum atomic E-state index is 0.551. The van der Waals surface area contributed by atoms with Crippen LogP contribution in [0.1, 0.15) is 5.56 Å². The Kier molecular flexibility index (Phi) is 5.21. The standard InChI is InChI=1S/C21H23ClN6/c1-15-7-8-16(22)13-18(15)26-20-19(23)21(25-14-24-20)28-11-9-27(10-12-28)17-5-3-2-4-6-17/h2-8,13-14H,9-12,23H2,1H3,(H,24,25,26). The van der Waals surface area contributed by atoms with Gasteiger partial charge >= 0.3 is 0 Å². The van der Waals surface area contributed by atoms with Crippen LogP contribution in [-0.2, 0) is 0 Å². The van der Waals surface area contributed by atoms with Crippen LogP contribution in [0.2, 0.25) is 5.02 Å². The molecular weight excluding hydrogens is 372 g/mol. The number of nitrogen functional groups attached to an aromatic ring is 1. The first-order valence-electron chi connectivity index (χ1n) is 9.30. The number of rotatable bonds is 4. The molecule has 1 aromatic heterocycles. The van der Waals surface area contributed by atoms with Gasteiger partial charge in [-0.05, 0) is 36.8 Å². The number of hydrogen-bond donors (Lipinski definition) is 2. The summed E-state index contributed by atoms with van der Waals surface area (Å²) in [6.45, 7) is 5.56. The van der Waals surface area contributed by atoms with Gasteiger partial charge in [-0.1, -0.05) is 35.9 Å².